The van der Waals surface area contributed by atoms with Crippen LogP contribution in [0.15, 0.2) is 77.4 Å². The molecule has 2 aromatic carbocycles. The van der Waals surface area contributed by atoms with Crippen LogP contribution in [0.2, 0.25) is 0 Å². The van der Waals surface area contributed by atoms with Gasteiger partial charge in [-0.1, -0.05) is 42.5 Å². The first-order chi connectivity index (χ1) is 13.8. The molecule has 0 fully saturated rings. The van der Waals surface area contributed by atoms with E-state index in [4.69, 9.17) is 17.0 Å². The van der Waals surface area contributed by atoms with Crippen molar-refractivity contribution in [2.24, 2.45) is 0 Å². The minimum absolute atomic E-state index is 0.354. The first kappa shape index (κ1) is 16.8. The summed E-state index contributed by atoms with van der Waals surface area (Å²) in [5.74, 6) is 3.03. The van der Waals surface area contributed by atoms with Gasteiger partial charge in [-0.05, 0) is 24.3 Å². The molecule has 0 bridgehead atoms. The average molecular weight is 387 g/mol. The summed E-state index contributed by atoms with van der Waals surface area (Å²) in [5.41, 5.74) is 2.85. The zero-order valence-corrected chi connectivity index (χ0v) is 15.8. The normalized spacial score (nSPS) is 12.5. The third-order valence-electron chi connectivity index (χ3n) is 4.62. The van der Waals surface area contributed by atoms with Crippen LogP contribution in [0.5, 0.6) is 0 Å². The Kier molecular flexibility index (Phi) is 4.21. The van der Waals surface area contributed by atoms with Crippen LogP contribution in [0, 0.1) is 0 Å². The maximum absolute atomic E-state index is 5.56. The fourth-order valence-electron chi connectivity index (χ4n) is 3.26. The van der Waals surface area contributed by atoms with Crippen LogP contribution in [0.3, 0.4) is 0 Å². The molecule has 5 aromatic rings. The summed E-state index contributed by atoms with van der Waals surface area (Å²) in [5, 5.41) is 8.55. The van der Waals surface area contributed by atoms with Crippen LogP contribution in [0.1, 0.15) is 22.7 Å². The molecule has 0 aliphatic carbocycles. The van der Waals surface area contributed by atoms with Gasteiger partial charge < -0.3 is 14.0 Å². The smallest absolute Gasteiger partial charge is 0.164 e. The number of furan rings is 1. The van der Waals surface area contributed by atoms with Crippen LogP contribution < -0.4 is 0 Å². The van der Waals surface area contributed by atoms with E-state index in [0.717, 1.165) is 34.0 Å². The minimum atomic E-state index is -0.354. The third-order valence-corrected chi connectivity index (χ3v) is 5.09. The second-order valence-corrected chi connectivity index (χ2v) is 6.97. The van der Waals surface area contributed by atoms with Crippen molar-refractivity contribution in [3.05, 3.63) is 90.4 Å². The maximum atomic E-state index is 5.56. The Bertz CT molecular complexity index is 1180. The summed E-state index contributed by atoms with van der Waals surface area (Å²) in [7, 11) is 0. The Morgan fingerprint density at radius 3 is 2.57 bits per heavy atom. The lowest BCUT2D eigenvalue weighted by Gasteiger charge is -2.12. The molecule has 0 amide bonds. The predicted octanol–water partition coefficient (Wildman–Crippen LogP) is 4.48. The van der Waals surface area contributed by atoms with Crippen molar-refractivity contribution >= 4 is 23.7 Å². The Morgan fingerprint density at radius 1 is 0.964 bits per heavy atom. The second-order valence-electron chi connectivity index (χ2n) is 6.46. The quantitative estimate of drug-likeness (QED) is 0.436. The van der Waals surface area contributed by atoms with Crippen molar-refractivity contribution in [3.8, 4) is 11.4 Å². The van der Waals surface area contributed by atoms with Gasteiger partial charge in [-0.15, -0.1) is 10.2 Å². The van der Waals surface area contributed by atoms with Gasteiger partial charge in [0.05, 0.1) is 23.8 Å². The molecule has 6 nitrogen and oxygen atoms in total. The van der Waals surface area contributed by atoms with E-state index in [1.54, 1.807) is 6.26 Å². The van der Waals surface area contributed by atoms with Crippen LogP contribution >= 0.6 is 12.6 Å². The first-order valence-electron chi connectivity index (χ1n) is 8.93. The van der Waals surface area contributed by atoms with Crippen molar-refractivity contribution in [2.45, 2.75) is 11.8 Å². The van der Waals surface area contributed by atoms with E-state index in [-0.39, 0.29) is 5.25 Å². The highest BCUT2D eigenvalue weighted by molar-refractivity contribution is 7.80. The van der Waals surface area contributed by atoms with Gasteiger partial charge in [-0.2, -0.15) is 12.6 Å². The number of aromatic amines is 1. The zero-order chi connectivity index (χ0) is 18.9. The van der Waals surface area contributed by atoms with E-state index in [9.17, 15) is 0 Å². The molecule has 3 heterocycles. The number of hydrogen-bond donors (Lipinski definition) is 2. The van der Waals surface area contributed by atoms with Crippen LogP contribution in [-0.2, 0) is 6.54 Å². The molecule has 7 heteroatoms. The van der Waals surface area contributed by atoms with Crippen molar-refractivity contribution in [1.82, 2.24) is 24.7 Å². The number of imidazole rings is 1. The van der Waals surface area contributed by atoms with Gasteiger partial charge in [-0.25, -0.2) is 4.98 Å². The number of fused-ring (bicyclic) bond motifs is 1. The lowest BCUT2D eigenvalue weighted by atomic mass is 10.2. The molecule has 0 spiro atoms. The lowest BCUT2D eigenvalue weighted by Crippen LogP contribution is -2.10. The summed E-state index contributed by atoms with van der Waals surface area (Å²) in [6, 6.07) is 21.7. The standard InChI is InChI=1S/C21H17N5OS/c28-18(19-22-16-10-4-5-11-17(16)23-19)21-25-24-20(14-7-2-1-3-8-14)26(21)13-15-9-6-12-27-15/h1-12,18,28H,13H2,(H,22,23). The Hall–Kier alpha value is -3.32. The monoisotopic (exact) mass is 387 g/mol. The molecule has 1 N–H and O–H groups in total. The van der Waals surface area contributed by atoms with Gasteiger partial charge >= 0.3 is 0 Å². The average Bonchev–Trinajstić information content (AvgIpc) is 3.48. The number of rotatable bonds is 5. The van der Waals surface area contributed by atoms with E-state index >= 15 is 0 Å². The summed E-state index contributed by atoms with van der Waals surface area (Å²) < 4.78 is 7.59. The largest absolute Gasteiger partial charge is 0.467 e. The number of H-pyrrole nitrogens is 1. The van der Waals surface area contributed by atoms with Crippen LogP contribution in [0.4, 0.5) is 0 Å². The van der Waals surface area contributed by atoms with E-state index in [2.05, 4.69) is 20.2 Å². The molecule has 0 radical (unpaired) electrons. The SMILES string of the molecule is SC(c1nc2ccccc2[nH]1)c1nnc(-c2ccccc2)n1Cc1ccco1. The van der Waals surface area contributed by atoms with E-state index < -0.39 is 0 Å². The van der Waals surface area contributed by atoms with E-state index in [1.807, 2.05) is 71.3 Å². The predicted molar refractivity (Wildman–Crippen MR) is 110 cm³/mol. The molecule has 5 rings (SSSR count). The molecule has 3 aromatic heterocycles. The fourth-order valence-corrected chi connectivity index (χ4v) is 3.57. The topological polar surface area (TPSA) is 72.5 Å². The van der Waals surface area contributed by atoms with E-state index in [0.29, 0.717) is 12.4 Å². The van der Waals surface area contributed by atoms with Gasteiger partial charge in [0.2, 0.25) is 0 Å². The first-order valence-corrected chi connectivity index (χ1v) is 9.45. The number of para-hydroxylation sites is 2. The number of hydrogen-bond acceptors (Lipinski definition) is 5. The summed E-state index contributed by atoms with van der Waals surface area (Å²) in [6.07, 6.45) is 1.67. The summed E-state index contributed by atoms with van der Waals surface area (Å²) >= 11 is 4.82. The number of benzene rings is 2. The molecule has 28 heavy (non-hydrogen) atoms. The fraction of sp³-hybridized carbons (Fsp3) is 0.0952. The Labute approximate surface area is 166 Å². The van der Waals surface area contributed by atoms with Crippen molar-refractivity contribution in [2.75, 3.05) is 0 Å². The molecule has 1 unspecified atom stereocenters. The molecule has 0 aliphatic heterocycles. The number of aromatic nitrogens is 5. The molecule has 138 valence electrons. The molecular weight excluding hydrogens is 370 g/mol. The van der Waals surface area contributed by atoms with Gasteiger partial charge in [0.15, 0.2) is 11.6 Å². The van der Waals surface area contributed by atoms with Gasteiger partial charge in [0.1, 0.15) is 16.8 Å². The summed E-state index contributed by atoms with van der Waals surface area (Å²) in [4.78, 5) is 8.01. The third kappa shape index (κ3) is 2.99. The summed E-state index contributed by atoms with van der Waals surface area (Å²) in [6.45, 7) is 0.511. The van der Waals surface area contributed by atoms with Crippen molar-refractivity contribution < 1.29 is 4.42 Å². The molecule has 1 atom stereocenters. The molecular formula is C21H17N5OS. The zero-order valence-electron chi connectivity index (χ0n) is 14.9. The Morgan fingerprint density at radius 2 is 1.79 bits per heavy atom. The van der Waals surface area contributed by atoms with Gasteiger partial charge in [0.25, 0.3) is 0 Å². The molecule has 0 aliphatic rings. The minimum Gasteiger partial charge on any atom is -0.467 e. The van der Waals surface area contributed by atoms with Crippen molar-refractivity contribution in [1.29, 1.82) is 0 Å². The van der Waals surface area contributed by atoms with Gasteiger partial charge in [-0.3, -0.25) is 0 Å². The Balaban J connectivity index is 1.60. The van der Waals surface area contributed by atoms with E-state index in [1.165, 1.54) is 0 Å². The maximum Gasteiger partial charge on any atom is 0.164 e. The highest BCUT2D eigenvalue weighted by Crippen LogP contribution is 2.30. The molecule has 0 saturated carbocycles. The second kappa shape index (κ2) is 7.01. The number of nitrogens with one attached hydrogen (secondary N) is 1. The van der Waals surface area contributed by atoms with Crippen LogP contribution in [0.25, 0.3) is 22.4 Å². The number of thiol groups is 1. The number of nitrogens with zero attached hydrogens (tertiary/aromatic N) is 4. The highest BCUT2D eigenvalue weighted by atomic mass is 32.1. The van der Waals surface area contributed by atoms with Crippen LogP contribution in [-0.4, -0.2) is 24.7 Å². The highest BCUT2D eigenvalue weighted by Gasteiger charge is 2.24. The van der Waals surface area contributed by atoms with Gasteiger partial charge in [0, 0.05) is 5.56 Å². The lowest BCUT2D eigenvalue weighted by molar-refractivity contribution is 0.490. The van der Waals surface area contributed by atoms with Crippen molar-refractivity contribution in [3.63, 3.8) is 0 Å². The molecule has 0 saturated heterocycles.